The third kappa shape index (κ3) is 2.83. The van der Waals surface area contributed by atoms with Crippen molar-refractivity contribution in [3.8, 4) is 0 Å². The van der Waals surface area contributed by atoms with E-state index in [2.05, 4.69) is 51.3 Å². The third-order valence-corrected chi connectivity index (χ3v) is 5.34. The van der Waals surface area contributed by atoms with E-state index in [9.17, 15) is 0 Å². The fraction of sp³-hybridized carbons (Fsp3) is 0.333. The Hall–Kier alpha value is -2.82. The number of nitrogens with one attached hydrogen (secondary N) is 1. The van der Waals surface area contributed by atoms with Crippen LogP contribution in [0.4, 0.5) is 5.69 Å². The van der Waals surface area contributed by atoms with E-state index in [0.29, 0.717) is 18.5 Å². The van der Waals surface area contributed by atoms with E-state index in [-0.39, 0.29) is 0 Å². The van der Waals surface area contributed by atoms with Gasteiger partial charge in [-0.15, -0.1) is 0 Å². The number of nitrogens with two attached hydrogens (primary N) is 1. The van der Waals surface area contributed by atoms with Crippen LogP contribution < -0.4 is 11.1 Å². The average Bonchev–Trinajstić information content (AvgIpc) is 3.25. The average molecular weight is 345 g/mol. The number of benzene rings is 2. The van der Waals surface area contributed by atoms with Gasteiger partial charge in [0.1, 0.15) is 12.4 Å². The summed E-state index contributed by atoms with van der Waals surface area (Å²) in [6, 6.07) is 15.4. The van der Waals surface area contributed by atoms with Gasteiger partial charge in [0, 0.05) is 11.7 Å². The molecule has 3 aromatic rings. The number of fused-ring (bicyclic) bond motifs is 2. The zero-order valence-electron chi connectivity index (χ0n) is 14.8. The number of anilines is 1. The number of aryl methyl sites for hydroxylation is 2. The van der Waals surface area contributed by atoms with E-state index in [4.69, 9.17) is 10.7 Å². The second-order valence-corrected chi connectivity index (χ2v) is 7.28. The summed E-state index contributed by atoms with van der Waals surface area (Å²) in [7, 11) is 0. The van der Waals surface area contributed by atoms with Crippen molar-refractivity contribution in [2.24, 2.45) is 10.7 Å². The van der Waals surface area contributed by atoms with E-state index in [1.165, 1.54) is 42.3 Å². The molecule has 5 rings (SSSR count). The van der Waals surface area contributed by atoms with Crippen LogP contribution in [-0.2, 0) is 19.4 Å². The van der Waals surface area contributed by atoms with E-state index >= 15 is 0 Å². The Morgan fingerprint density at radius 2 is 2.00 bits per heavy atom. The van der Waals surface area contributed by atoms with E-state index in [1.54, 1.807) is 0 Å². The molecule has 0 saturated heterocycles. The number of imidazole rings is 1. The summed E-state index contributed by atoms with van der Waals surface area (Å²) in [6.45, 7) is 0.495. The minimum absolute atomic E-state index is 0.442. The van der Waals surface area contributed by atoms with E-state index < -0.39 is 0 Å². The molecule has 0 aliphatic heterocycles. The molecule has 1 saturated carbocycles. The molecule has 1 heterocycles. The van der Waals surface area contributed by atoms with Gasteiger partial charge < -0.3 is 15.6 Å². The van der Waals surface area contributed by atoms with Crippen molar-refractivity contribution in [1.29, 1.82) is 0 Å². The summed E-state index contributed by atoms with van der Waals surface area (Å²) < 4.78 is 2.33. The quantitative estimate of drug-likeness (QED) is 0.558. The maximum atomic E-state index is 6.14. The van der Waals surface area contributed by atoms with Crippen LogP contribution in [0.3, 0.4) is 0 Å². The van der Waals surface area contributed by atoms with Crippen LogP contribution in [0.2, 0.25) is 0 Å². The third-order valence-electron chi connectivity index (χ3n) is 5.34. The van der Waals surface area contributed by atoms with Gasteiger partial charge in [0.15, 0.2) is 5.96 Å². The fourth-order valence-corrected chi connectivity index (χ4v) is 3.94. The molecule has 0 bridgehead atoms. The first kappa shape index (κ1) is 15.4. The molecule has 0 spiro atoms. The zero-order chi connectivity index (χ0) is 17.5. The van der Waals surface area contributed by atoms with Crippen molar-refractivity contribution < 1.29 is 0 Å². The number of hydrogen-bond donors (Lipinski definition) is 2. The molecule has 26 heavy (non-hydrogen) atoms. The first-order valence-corrected chi connectivity index (χ1v) is 9.42. The summed E-state index contributed by atoms with van der Waals surface area (Å²) in [4.78, 5) is 9.32. The maximum absolute atomic E-state index is 6.14. The predicted octanol–water partition coefficient (Wildman–Crippen LogP) is 3.79. The number of para-hydroxylation sites is 2. The monoisotopic (exact) mass is 345 g/mol. The number of rotatable bonds is 4. The Morgan fingerprint density at radius 3 is 2.88 bits per heavy atom. The highest BCUT2D eigenvalue weighted by molar-refractivity contribution is 5.92. The molecule has 2 aliphatic carbocycles. The molecule has 132 valence electrons. The molecule has 0 amide bonds. The Labute approximate surface area is 153 Å². The van der Waals surface area contributed by atoms with Gasteiger partial charge in [-0.25, -0.2) is 9.98 Å². The predicted molar refractivity (Wildman–Crippen MR) is 105 cm³/mol. The van der Waals surface area contributed by atoms with Crippen LogP contribution in [0, 0.1) is 0 Å². The van der Waals surface area contributed by atoms with E-state index in [1.807, 2.05) is 6.07 Å². The second-order valence-electron chi connectivity index (χ2n) is 7.28. The lowest BCUT2D eigenvalue weighted by Crippen LogP contribution is -2.23. The smallest absolute Gasteiger partial charge is 0.193 e. The molecule has 5 nitrogen and oxygen atoms in total. The number of guanidine groups is 1. The fourth-order valence-electron chi connectivity index (χ4n) is 3.94. The largest absolute Gasteiger partial charge is 0.370 e. The lowest BCUT2D eigenvalue weighted by Gasteiger charge is -2.09. The van der Waals surface area contributed by atoms with Gasteiger partial charge in [-0.1, -0.05) is 18.2 Å². The molecule has 2 aliphatic rings. The van der Waals surface area contributed by atoms with Crippen molar-refractivity contribution in [3.05, 3.63) is 59.4 Å². The zero-order valence-corrected chi connectivity index (χ0v) is 14.8. The normalized spacial score (nSPS) is 16.8. The standard InChI is InChI=1S/C21H23N5/c22-21(24-16-9-8-14-4-3-5-15(14)12-16)23-13-20-25-18-6-1-2-7-19(18)26(20)17-10-11-17/h1-2,6-9,12,17H,3-5,10-11,13H2,(H3,22,23,24). The first-order chi connectivity index (χ1) is 12.8. The lowest BCUT2D eigenvalue weighted by atomic mass is 10.1. The molecule has 1 aromatic heterocycles. The number of hydrogen-bond acceptors (Lipinski definition) is 2. The van der Waals surface area contributed by atoms with Gasteiger partial charge >= 0.3 is 0 Å². The minimum Gasteiger partial charge on any atom is -0.370 e. The Kier molecular flexibility index (Phi) is 3.66. The van der Waals surface area contributed by atoms with Crippen LogP contribution in [0.25, 0.3) is 11.0 Å². The molecular formula is C21H23N5. The minimum atomic E-state index is 0.442. The van der Waals surface area contributed by atoms with Crippen LogP contribution in [0.15, 0.2) is 47.5 Å². The Morgan fingerprint density at radius 1 is 1.15 bits per heavy atom. The van der Waals surface area contributed by atoms with Gasteiger partial charge in [0.2, 0.25) is 0 Å². The molecule has 0 unspecified atom stereocenters. The number of nitrogens with zero attached hydrogens (tertiary/aromatic N) is 3. The number of aliphatic imine (C=N–C) groups is 1. The van der Waals surface area contributed by atoms with Gasteiger partial charge in [0.05, 0.1) is 11.0 Å². The van der Waals surface area contributed by atoms with Crippen molar-refractivity contribution in [3.63, 3.8) is 0 Å². The molecule has 1 fully saturated rings. The molecule has 0 radical (unpaired) electrons. The van der Waals surface area contributed by atoms with Crippen molar-refractivity contribution in [1.82, 2.24) is 9.55 Å². The molecule has 3 N–H and O–H groups in total. The van der Waals surface area contributed by atoms with Crippen LogP contribution >= 0.6 is 0 Å². The summed E-state index contributed by atoms with van der Waals surface area (Å²) in [5.74, 6) is 1.43. The number of aromatic nitrogens is 2. The molecule has 5 heteroatoms. The summed E-state index contributed by atoms with van der Waals surface area (Å²) in [5, 5.41) is 3.23. The van der Waals surface area contributed by atoms with Crippen LogP contribution in [0.1, 0.15) is 42.3 Å². The van der Waals surface area contributed by atoms with Gasteiger partial charge in [0.25, 0.3) is 0 Å². The Balaban J connectivity index is 1.36. The van der Waals surface area contributed by atoms with Gasteiger partial charge in [-0.2, -0.15) is 0 Å². The summed E-state index contributed by atoms with van der Waals surface area (Å²) in [5.41, 5.74) is 12.3. The van der Waals surface area contributed by atoms with E-state index in [0.717, 1.165) is 23.4 Å². The van der Waals surface area contributed by atoms with Crippen molar-refractivity contribution in [2.75, 3.05) is 5.32 Å². The lowest BCUT2D eigenvalue weighted by molar-refractivity contribution is 0.702. The molecular weight excluding hydrogens is 322 g/mol. The maximum Gasteiger partial charge on any atom is 0.193 e. The van der Waals surface area contributed by atoms with Crippen molar-refractivity contribution in [2.45, 2.75) is 44.7 Å². The summed E-state index contributed by atoms with van der Waals surface area (Å²) >= 11 is 0. The SMILES string of the molecule is NC(=NCc1nc2ccccc2n1C1CC1)Nc1ccc2c(c1)CCC2. The van der Waals surface area contributed by atoms with Crippen LogP contribution in [0.5, 0.6) is 0 Å². The molecule has 2 aromatic carbocycles. The van der Waals surface area contributed by atoms with Crippen molar-refractivity contribution >= 4 is 22.7 Å². The first-order valence-electron chi connectivity index (χ1n) is 9.42. The van der Waals surface area contributed by atoms with Gasteiger partial charge in [-0.3, -0.25) is 0 Å². The highest BCUT2D eigenvalue weighted by atomic mass is 15.2. The summed E-state index contributed by atoms with van der Waals surface area (Å²) in [6.07, 6.45) is 6.05. The highest BCUT2D eigenvalue weighted by Crippen LogP contribution is 2.38. The van der Waals surface area contributed by atoms with Gasteiger partial charge in [-0.05, 0) is 67.5 Å². The molecule has 0 atom stereocenters. The highest BCUT2D eigenvalue weighted by Gasteiger charge is 2.27. The van der Waals surface area contributed by atoms with Crippen LogP contribution in [-0.4, -0.2) is 15.5 Å². The topological polar surface area (TPSA) is 68.2 Å². The Bertz CT molecular complexity index is 997. The second kappa shape index (κ2) is 6.16.